The first-order chi connectivity index (χ1) is 9.13. The van der Waals surface area contributed by atoms with Crippen LogP contribution in [-0.2, 0) is 11.2 Å². The van der Waals surface area contributed by atoms with Crippen LogP contribution in [0.1, 0.15) is 25.1 Å². The lowest BCUT2D eigenvalue weighted by molar-refractivity contribution is 0.191. The van der Waals surface area contributed by atoms with Gasteiger partial charge in [0.05, 0.1) is 5.39 Å². The number of nitrogens with two attached hydrogens (primary N) is 1. The van der Waals surface area contributed by atoms with Gasteiger partial charge in [-0.25, -0.2) is 4.98 Å². The molecule has 2 aromatic heterocycles. The lowest BCUT2D eigenvalue weighted by atomic mass is 10.2. The van der Waals surface area contributed by atoms with Crippen LogP contribution in [-0.4, -0.2) is 29.7 Å². The van der Waals surface area contributed by atoms with Gasteiger partial charge >= 0.3 is 0 Å². The van der Waals surface area contributed by atoms with Crippen molar-refractivity contribution in [2.24, 2.45) is 0 Å². The molecule has 0 aliphatic heterocycles. The van der Waals surface area contributed by atoms with Gasteiger partial charge in [0.15, 0.2) is 0 Å². The van der Waals surface area contributed by atoms with Crippen LogP contribution in [0.25, 0.3) is 10.2 Å². The van der Waals surface area contributed by atoms with Gasteiger partial charge in [0.25, 0.3) is 0 Å². The van der Waals surface area contributed by atoms with Crippen LogP contribution < -0.4 is 11.1 Å². The maximum atomic E-state index is 5.77. The van der Waals surface area contributed by atoms with Gasteiger partial charge in [0.2, 0.25) is 5.95 Å². The Balaban J connectivity index is 2.28. The average Bonchev–Trinajstić information content (AvgIpc) is 2.79. The number of thiophene rings is 1. The highest BCUT2D eigenvalue weighted by Crippen LogP contribution is 2.30. The molecule has 104 valence electrons. The number of rotatable bonds is 6. The third-order valence-electron chi connectivity index (χ3n) is 2.95. The maximum absolute atomic E-state index is 5.77. The van der Waals surface area contributed by atoms with Gasteiger partial charge in [-0.2, -0.15) is 4.98 Å². The van der Waals surface area contributed by atoms with E-state index in [-0.39, 0.29) is 6.04 Å². The van der Waals surface area contributed by atoms with Crippen molar-refractivity contribution in [1.29, 1.82) is 0 Å². The normalized spacial score (nSPS) is 12.8. The Morgan fingerprint density at radius 2 is 2.26 bits per heavy atom. The van der Waals surface area contributed by atoms with Crippen LogP contribution in [0.15, 0.2) is 6.07 Å². The van der Waals surface area contributed by atoms with Crippen LogP contribution >= 0.6 is 11.3 Å². The van der Waals surface area contributed by atoms with Crippen LogP contribution in [0, 0.1) is 0 Å². The number of nitrogens with zero attached hydrogens (tertiary/aromatic N) is 2. The summed E-state index contributed by atoms with van der Waals surface area (Å²) in [5.41, 5.74) is 5.77. The number of ether oxygens (including phenoxy) is 1. The second-order valence-corrected chi connectivity index (χ2v) is 5.66. The Hall–Kier alpha value is -1.40. The molecule has 6 heteroatoms. The van der Waals surface area contributed by atoms with E-state index in [2.05, 4.69) is 35.2 Å². The predicted octanol–water partition coefficient (Wildman–Crippen LogP) is 2.67. The molecule has 2 heterocycles. The molecule has 0 aromatic carbocycles. The molecule has 0 saturated heterocycles. The highest BCUT2D eigenvalue weighted by atomic mass is 32.1. The summed E-state index contributed by atoms with van der Waals surface area (Å²) in [6, 6.07) is 2.42. The fourth-order valence-corrected chi connectivity index (χ4v) is 2.85. The van der Waals surface area contributed by atoms with Gasteiger partial charge < -0.3 is 15.8 Å². The number of aromatic nitrogens is 2. The highest BCUT2D eigenvalue weighted by molar-refractivity contribution is 7.18. The van der Waals surface area contributed by atoms with Crippen LogP contribution in [0.4, 0.5) is 11.8 Å². The molecule has 1 atom stereocenters. The monoisotopic (exact) mass is 280 g/mol. The van der Waals surface area contributed by atoms with Crippen molar-refractivity contribution in [1.82, 2.24) is 9.97 Å². The summed E-state index contributed by atoms with van der Waals surface area (Å²) < 4.78 is 5.09. The zero-order chi connectivity index (χ0) is 13.8. The summed E-state index contributed by atoms with van der Waals surface area (Å²) in [4.78, 5) is 10.9. The van der Waals surface area contributed by atoms with E-state index in [4.69, 9.17) is 10.5 Å². The Bertz CT molecular complexity index is 555. The Morgan fingerprint density at radius 3 is 2.95 bits per heavy atom. The molecule has 0 bridgehead atoms. The number of methoxy groups -OCH3 is 1. The van der Waals surface area contributed by atoms with Gasteiger partial charge in [-0.05, 0) is 25.8 Å². The Morgan fingerprint density at radius 1 is 1.47 bits per heavy atom. The zero-order valence-corrected chi connectivity index (χ0v) is 12.4. The van der Waals surface area contributed by atoms with E-state index in [0.29, 0.717) is 5.95 Å². The Labute approximate surface area is 117 Å². The first kappa shape index (κ1) is 14.0. The molecule has 2 aromatic rings. The van der Waals surface area contributed by atoms with Crippen molar-refractivity contribution < 1.29 is 4.74 Å². The summed E-state index contributed by atoms with van der Waals surface area (Å²) in [7, 11) is 1.71. The van der Waals surface area contributed by atoms with Crippen molar-refractivity contribution in [2.45, 2.75) is 32.7 Å². The summed E-state index contributed by atoms with van der Waals surface area (Å²) in [5.74, 6) is 1.14. The number of hydrogen-bond donors (Lipinski definition) is 2. The summed E-state index contributed by atoms with van der Waals surface area (Å²) in [6.45, 7) is 4.97. The minimum atomic E-state index is 0.280. The minimum Gasteiger partial charge on any atom is -0.385 e. The molecule has 5 nitrogen and oxygen atoms in total. The first-order valence-electron chi connectivity index (χ1n) is 6.45. The molecule has 0 fully saturated rings. The van der Waals surface area contributed by atoms with E-state index < -0.39 is 0 Å². The largest absolute Gasteiger partial charge is 0.385 e. The molecular formula is C13H20N4OS. The molecule has 19 heavy (non-hydrogen) atoms. The fourth-order valence-electron chi connectivity index (χ4n) is 1.87. The lowest BCUT2D eigenvalue weighted by Gasteiger charge is -2.14. The number of hydrogen-bond acceptors (Lipinski definition) is 6. The van der Waals surface area contributed by atoms with Gasteiger partial charge in [-0.1, -0.05) is 6.92 Å². The number of aryl methyl sites for hydroxylation is 1. The second kappa shape index (κ2) is 6.16. The highest BCUT2D eigenvalue weighted by Gasteiger charge is 2.12. The molecule has 0 radical (unpaired) electrons. The van der Waals surface area contributed by atoms with Crippen molar-refractivity contribution >= 4 is 33.3 Å². The molecule has 0 aliphatic carbocycles. The van der Waals surface area contributed by atoms with E-state index in [9.17, 15) is 0 Å². The fraction of sp³-hybridized carbons (Fsp3) is 0.538. The number of nitrogen functional groups attached to an aromatic ring is 1. The van der Waals surface area contributed by atoms with Crippen molar-refractivity contribution in [2.75, 3.05) is 24.8 Å². The second-order valence-electron chi connectivity index (χ2n) is 4.54. The third-order valence-corrected chi connectivity index (χ3v) is 4.12. The molecule has 0 spiro atoms. The van der Waals surface area contributed by atoms with Crippen LogP contribution in [0.2, 0.25) is 0 Å². The number of nitrogens with one attached hydrogen (secondary N) is 1. The van der Waals surface area contributed by atoms with Gasteiger partial charge in [-0.3, -0.25) is 0 Å². The first-order valence-corrected chi connectivity index (χ1v) is 7.27. The molecule has 0 aliphatic rings. The SMILES string of the molecule is CCc1cc2c(NC(C)CCOC)nc(N)nc2s1. The Kier molecular flexibility index (Phi) is 4.55. The molecule has 0 saturated carbocycles. The van der Waals surface area contributed by atoms with Crippen LogP contribution in [0.3, 0.4) is 0 Å². The van der Waals surface area contributed by atoms with Gasteiger partial charge in [0, 0.05) is 24.6 Å². The molecule has 1 unspecified atom stereocenters. The van der Waals surface area contributed by atoms with Crippen LogP contribution in [0.5, 0.6) is 0 Å². The quantitative estimate of drug-likeness (QED) is 0.851. The minimum absolute atomic E-state index is 0.280. The molecule has 3 N–H and O–H groups in total. The lowest BCUT2D eigenvalue weighted by Crippen LogP contribution is -2.18. The van der Waals surface area contributed by atoms with Crippen molar-refractivity contribution in [3.05, 3.63) is 10.9 Å². The van der Waals surface area contributed by atoms with E-state index in [1.807, 2.05) is 0 Å². The van der Waals surface area contributed by atoms with Gasteiger partial charge in [0.1, 0.15) is 10.6 Å². The van der Waals surface area contributed by atoms with E-state index in [0.717, 1.165) is 35.5 Å². The topological polar surface area (TPSA) is 73.1 Å². The number of fused-ring (bicyclic) bond motifs is 1. The maximum Gasteiger partial charge on any atom is 0.223 e. The zero-order valence-electron chi connectivity index (χ0n) is 11.6. The third kappa shape index (κ3) is 3.33. The number of anilines is 2. The summed E-state index contributed by atoms with van der Waals surface area (Å²) in [5, 5.41) is 4.45. The van der Waals surface area contributed by atoms with Crippen molar-refractivity contribution in [3.63, 3.8) is 0 Å². The average molecular weight is 280 g/mol. The molecular weight excluding hydrogens is 260 g/mol. The standard InChI is InChI=1S/C13H20N4OS/c1-4-9-7-10-11(15-8(2)5-6-18-3)16-13(14)17-12(10)19-9/h7-8H,4-6H2,1-3H3,(H3,14,15,16,17). The smallest absolute Gasteiger partial charge is 0.223 e. The molecule has 2 rings (SSSR count). The van der Waals surface area contributed by atoms with Crippen molar-refractivity contribution in [3.8, 4) is 0 Å². The predicted molar refractivity (Wildman–Crippen MR) is 80.8 cm³/mol. The van der Waals surface area contributed by atoms with E-state index in [1.54, 1.807) is 18.4 Å². The van der Waals surface area contributed by atoms with E-state index in [1.165, 1.54) is 4.88 Å². The van der Waals surface area contributed by atoms with Gasteiger partial charge in [-0.15, -0.1) is 11.3 Å². The van der Waals surface area contributed by atoms with E-state index >= 15 is 0 Å². The summed E-state index contributed by atoms with van der Waals surface area (Å²) >= 11 is 1.67. The summed E-state index contributed by atoms with van der Waals surface area (Å²) in [6.07, 6.45) is 1.92. The molecule has 0 amide bonds.